The summed E-state index contributed by atoms with van der Waals surface area (Å²) in [4.78, 5) is 1.87. The Balaban J connectivity index is 1.95. The second-order valence-corrected chi connectivity index (χ2v) is 7.48. The van der Waals surface area contributed by atoms with Crippen molar-refractivity contribution in [3.8, 4) is 0 Å². The van der Waals surface area contributed by atoms with E-state index in [9.17, 15) is 12.8 Å². The van der Waals surface area contributed by atoms with Crippen LogP contribution in [0.25, 0.3) is 0 Å². The summed E-state index contributed by atoms with van der Waals surface area (Å²) in [5.41, 5.74) is 0.594. The van der Waals surface area contributed by atoms with Crippen LogP contribution in [0.2, 0.25) is 5.02 Å². The van der Waals surface area contributed by atoms with Gasteiger partial charge in [-0.2, -0.15) is 4.31 Å². The summed E-state index contributed by atoms with van der Waals surface area (Å²) in [6.07, 6.45) is 1.19. The van der Waals surface area contributed by atoms with E-state index in [1.807, 2.05) is 4.90 Å². The van der Waals surface area contributed by atoms with Crippen molar-refractivity contribution in [2.45, 2.75) is 0 Å². The number of hydrogen-bond donors (Lipinski definition) is 1. The Labute approximate surface area is 133 Å². The zero-order valence-electron chi connectivity index (χ0n) is 11.3. The van der Waals surface area contributed by atoms with Gasteiger partial charge in [-0.1, -0.05) is 11.6 Å². The van der Waals surface area contributed by atoms with Crippen LogP contribution in [0.3, 0.4) is 0 Å². The van der Waals surface area contributed by atoms with Gasteiger partial charge >= 0.3 is 0 Å². The number of nitrogens with zero attached hydrogens (tertiary/aromatic N) is 2. The number of nitrogens with one attached hydrogen (secondary N) is 1. The molecule has 2 rings (SSSR count). The SMILES string of the molecule is CS(=O)(=O)N1CCN(C(=S)Nc2ccc(F)c(Cl)c2)CC1. The molecule has 0 spiro atoms. The first kappa shape index (κ1) is 16.4. The second-order valence-electron chi connectivity index (χ2n) is 4.71. The quantitative estimate of drug-likeness (QED) is 0.823. The van der Waals surface area contributed by atoms with Crippen LogP contribution in [-0.2, 0) is 10.0 Å². The second kappa shape index (κ2) is 6.43. The van der Waals surface area contributed by atoms with Crippen molar-refractivity contribution in [3.63, 3.8) is 0 Å². The van der Waals surface area contributed by atoms with E-state index in [0.717, 1.165) is 0 Å². The largest absolute Gasteiger partial charge is 0.346 e. The van der Waals surface area contributed by atoms with E-state index in [1.165, 1.54) is 22.7 Å². The third kappa shape index (κ3) is 4.26. The summed E-state index contributed by atoms with van der Waals surface area (Å²) < 4.78 is 37.4. The first-order chi connectivity index (χ1) is 9.77. The highest BCUT2D eigenvalue weighted by atomic mass is 35.5. The molecule has 0 bridgehead atoms. The number of anilines is 1. The number of piperazine rings is 1. The van der Waals surface area contributed by atoms with Crippen LogP contribution in [-0.4, -0.2) is 55.2 Å². The zero-order valence-corrected chi connectivity index (χ0v) is 13.7. The molecule has 0 radical (unpaired) electrons. The van der Waals surface area contributed by atoms with Gasteiger partial charge in [-0.15, -0.1) is 0 Å². The number of sulfonamides is 1. The molecule has 116 valence electrons. The molecule has 1 N–H and O–H groups in total. The third-order valence-electron chi connectivity index (χ3n) is 3.17. The van der Waals surface area contributed by atoms with E-state index in [4.69, 9.17) is 23.8 Å². The molecule has 5 nitrogen and oxygen atoms in total. The first-order valence-electron chi connectivity index (χ1n) is 6.23. The van der Waals surface area contributed by atoms with Gasteiger partial charge in [-0.25, -0.2) is 12.8 Å². The molecule has 0 saturated carbocycles. The molecular formula is C12H15ClFN3O2S2. The van der Waals surface area contributed by atoms with Gasteiger partial charge in [0.1, 0.15) is 5.82 Å². The lowest BCUT2D eigenvalue weighted by Gasteiger charge is -2.34. The van der Waals surface area contributed by atoms with E-state index in [1.54, 1.807) is 6.07 Å². The molecule has 0 amide bonds. The van der Waals surface area contributed by atoms with Crippen LogP contribution in [0.5, 0.6) is 0 Å². The normalized spacial score (nSPS) is 16.8. The number of hydrogen-bond acceptors (Lipinski definition) is 3. The molecule has 9 heteroatoms. The van der Waals surface area contributed by atoms with Gasteiger partial charge in [0.2, 0.25) is 10.0 Å². The van der Waals surface area contributed by atoms with E-state index in [-0.39, 0.29) is 5.02 Å². The summed E-state index contributed by atoms with van der Waals surface area (Å²) >= 11 is 11.0. The highest BCUT2D eigenvalue weighted by Gasteiger charge is 2.24. The first-order valence-corrected chi connectivity index (χ1v) is 8.87. The molecule has 0 atom stereocenters. The summed E-state index contributed by atoms with van der Waals surface area (Å²) in [7, 11) is -3.16. The summed E-state index contributed by atoms with van der Waals surface area (Å²) in [5.74, 6) is -0.491. The molecule has 1 fully saturated rings. The van der Waals surface area contributed by atoms with Crippen LogP contribution in [0, 0.1) is 5.82 Å². The van der Waals surface area contributed by atoms with Crippen molar-refractivity contribution in [2.75, 3.05) is 37.8 Å². The van der Waals surface area contributed by atoms with Gasteiger partial charge in [0.15, 0.2) is 5.11 Å². The molecule has 0 aromatic heterocycles. The number of halogens is 2. The maximum Gasteiger partial charge on any atom is 0.211 e. The molecular weight excluding hydrogens is 337 g/mol. The molecule has 1 heterocycles. The Morgan fingerprint density at radius 3 is 2.48 bits per heavy atom. The van der Waals surface area contributed by atoms with E-state index in [0.29, 0.717) is 37.0 Å². The monoisotopic (exact) mass is 351 g/mol. The van der Waals surface area contributed by atoms with Crippen molar-refractivity contribution in [1.82, 2.24) is 9.21 Å². The minimum Gasteiger partial charge on any atom is -0.346 e. The van der Waals surface area contributed by atoms with Crippen molar-refractivity contribution < 1.29 is 12.8 Å². The van der Waals surface area contributed by atoms with Crippen molar-refractivity contribution in [3.05, 3.63) is 29.0 Å². The summed E-state index contributed by atoms with van der Waals surface area (Å²) in [6, 6.07) is 4.26. The van der Waals surface area contributed by atoms with Crippen molar-refractivity contribution in [1.29, 1.82) is 0 Å². The molecule has 0 unspecified atom stereocenters. The lowest BCUT2D eigenvalue weighted by Crippen LogP contribution is -2.51. The lowest BCUT2D eigenvalue weighted by atomic mass is 10.3. The fraction of sp³-hybridized carbons (Fsp3) is 0.417. The standard InChI is InChI=1S/C12H15ClFN3O2S2/c1-21(18,19)17-6-4-16(5-7-17)12(20)15-9-2-3-11(14)10(13)8-9/h2-3,8H,4-7H2,1H3,(H,15,20). The minimum absolute atomic E-state index is 0.0182. The predicted octanol–water partition coefficient (Wildman–Crippen LogP) is 1.75. The molecule has 1 aliphatic heterocycles. The van der Waals surface area contributed by atoms with Gasteiger partial charge in [0.05, 0.1) is 11.3 Å². The maximum atomic E-state index is 13.1. The van der Waals surface area contributed by atoms with E-state index < -0.39 is 15.8 Å². The van der Waals surface area contributed by atoms with Crippen LogP contribution in [0.1, 0.15) is 0 Å². The van der Waals surface area contributed by atoms with Gasteiger partial charge in [0, 0.05) is 31.9 Å². The third-order valence-corrected chi connectivity index (χ3v) is 5.12. The number of rotatable bonds is 2. The van der Waals surface area contributed by atoms with Crippen molar-refractivity contribution >= 4 is 44.6 Å². The van der Waals surface area contributed by atoms with E-state index >= 15 is 0 Å². The molecule has 1 aromatic rings. The summed E-state index contributed by atoms with van der Waals surface area (Å²) in [6.45, 7) is 1.80. The smallest absolute Gasteiger partial charge is 0.211 e. The highest BCUT2D eigenvalue weighted by molar-refractivity contribution is 7.88. The van der Waals surface area contributed by atoms with Crippen LogP contribution >= 0.6 is 23.8 Å². The fourth-order valence-electron chi connectivity index (χ4n) is 2.00. The Hall–Kier alpha value is -0.960. The number of thiocarbonyl (C=S) groups is 1. The Kier molecular flexibility index (Phi) is 5.03. The molecule has 1 aliphatic rings. The molecule has 21 heavy (non-hydrogen) atoms. The molecule has 0 aliphatic carbocycles. The molecule has 1 aromatic carbocycles. The van der Waals surface area contributed by atoms with Crippen LogP contribution < -0.4 is 5.32 Å². The van der Waals surface area contributed by atoms with Crippen LogP contribution in [0.4, 0.5) is 10.1 Å². The average molecular weight is 352 g/mol. The Bertz CT molecular complexity index is 646. The van der Waals surface area contributed by atoms with Gasteiger partial charge in [0.25, 0.3) is 0 Å². The van der Waals surface area contributed by atoms with Crippen molar-refractivity contribution in [2.24, 2.45) is 0 Å². The average Bonchev–Trinajstić information content (AvgIpc) is 2.42. The van der Waals surface area contributed by atoms with Gasteiger partial charge in [-0.3, -0.25) is 0 Å². The van der Waals surface area contributed by atoms with Crippen LogP contribution in [0.15, 0.2) is 18.2 Å². The topological polar surface area (TPSA) is 52.7 Å². The van der Waals surface area contributed by atoms with E-state index in [2.05, 4.69) is 5.32 Å². The highest BCUT2D eigenvalue weighted by Crippen LogP contribution is 2.20. The maximum absolute atomic E-state index is 13.1. The van der Waals surface area contributed by atoms with Gasteiger partial charge < -0.3 is 10.2 Å². The Morgan fingerprint density at radius 1 is 1.33 bits per heavy atom. The number of benzene rings is 1. The Morgan fingerprint density at radius 2 is 1.95 bits per heavy atom. The minimum atomic E-state index is -3.16. The molecule has 1 saturated heterocycles. The fourth-order valence-corrected chi connectivity index (χ4v) is 3.31. The summed E-state index contributed by atoms with van der Waals surface area (Å²) in [5, 5.41) is 3.45. The zero-order chi connectivity index (χ0) is 15.6. The lowest BCUT2D eigenvalue weighted by molar-refractivity contribution is 0.270. The predicted molar refractivity (Wildman–Crippen MR) is 85.6 cm³/mol. The van der Waals surface area contributed by atoms with Gasteiger partial charge in [-0.05, 0) is 30.4 Å².